The van der Waals surface area contributed by atoms with Gasteiger partial charge in [0, 0.05) is 33.3 Å². The van der Waals surface area contributed by atoms with Crippen molar-refractivity contribution >= 4 is 38.7 Å². The van der Waals surface area contributed by atoms with Gasteiger partial charge in [0.05, 0.1) is 5.69 Å². The molecule has 0 fully saturated rings. The second kappa shape index (κ2) is 6.78. The number of nitrogens with zero attached hydrogens (tertiary/aromatic N) is 1. The summed E-state index contributed by atoms with van der Waals surface area (Å²) in [5.74, 6) is -0.0633. The molecule has 4 aromatic rings. The van der Waals surface area contributed by atoms with Crippen molar-refractivity contribution in [1.29, 1.82) is 0 Å². The van der Waals surface area contributed by atoms with Gasteiger partial charge in [-0.05, 0) is 11.6 Å². The Kier molecular flexibility index (Phi) is 4.34. The molecule has 1 unspecified atom stereocenters. The van der Waals surface area contributed by atoms with Crippen LogP contribution >= 0.6 is 22.7 Å². The summed E-state index contributed by atoms with van der Waals surface area (Å²) in [6, 6.07) is 18.1. The minimum atomic E-state index is -0.220. The Morgan fingerprint density at radius 3 is 2.56 bits per heavy atom. The van der Waals surface area contributed by atoms with Crippen LogP contribution in [0.1, 0.15) is 23.5 Å². The number of benzene rings is 2. The highest BCUT2D eigenvalue weighted by atomic mass is 32.1. The number of thiazole rings is 1. The zero-order chi connectivity index (χ0) is 17.2. The van der Waals surface area contributed by atoms with Crippen molar-refractivity contribution < 1.29 is 4.79 Å². The number of hydrogen-bond donors (Lipinski definition) is 1. The van der Waals surface area contributed by atoms with Crippen LogP contribution in [0.5, 0.6) is 0 Å². The van der Waals surface area contributed by atoms with Crippen molar-refractivity contribution in [3.8, 4) is 11.3 Å². The standard InChI is InChI=1S/C20H16N2OS2/c1-13(23)21-19(14-7-3-2-4-8-14)20-22-17(12-25-20)16-11-24-18-10-6-5-9-15(16)18/h2-12,19H,1H3,(H,21,23). The molecule has 2 aromatic carbocycles. The molecule has 3 nitrogen and oxygen atoms in total. The topological polar surface area (TPSA) is 42.0 Å². The zero-order valence-electron chi connectivity index (χ0n) is 13.6. The Bertz CT molecular complexity index is 1020. The number of fused-ring (bicyclic) bond motifs is 1. The molecule has 0 aliphatic rings. The fourth-order valence-electron chi connectivity index (χ4n) is 2.86. The summed E-state index contributed by atoms with van der Waals surface area (Å²) in [7, 11) is 0. The van der Waals surface area contributed by atoms with E-state index in [1.54, 1.807) is 22.7 Å². The average molecular weight is 364 g/mol. The molecule has 1 N–H and O–H groups in total. The fraction of sp³-hybridized carbons (Fsp3) is 0.100. The number of thiophene rings is 1. The van der Waals surface area contributed by atoms with Crippen LogP contribution in [0.15, 0.2) is 65.4 Å². The molecular weight excluding hydrogens is 348 g/mol. The first kappa shape index (κ1) is 16.0. The first-order chi connectivity index (χ1) is 12.2. The lowest BCUT2D eigenvalue weighted by Crippen LogP contribution is -2.26. The van der Waals surface area contributed by atoms with Crippen molar-refractivity contribution in [2.45, 2.75) is 13.0 Å². The maximum Gasteiger partial charge on any atom is 0.217 e. The highest BCUT2D eigenvalue weighted by Gasteiger charge is 2.20. The Morgan fingerprint density at radius 2 is 1.76 bits per heavy atom. The zero-order valence-corrected chi connectivity index (χ0v) is 15.2. The van der Waals surface area contributed by atoms with Crippen molar-refractivity contribution in [3.63, 3.8) is 0 Å². The molecule has 1 atom stereocenters. The highest BCUT2D eigenvalue weighted by molar-refractivity contribution is 7.17. The minimum absolute atomic E-state index is 0.0633. The van der Waals surface area contributed by atoms with E-state index in [1.165, 1.54) is 17.0 Å². The molecule has 2 heterocycles. The first-order valence-corrected chi connectivity index (χ1v) is 9.72. The van der Waals surface area contributed by atoms with Gasteiger partial charge >= 0.3 is 0 Å². The number of nitrogens with one attached hydrogen (secondary N) is 1. The van der Waals surface area contributed by atoms with Crippen molar-refractivity contribution in [3.05, 3.63) is 75.9 Å². The molecule has 25 heavy (non-hydrogen) atoms. The molecule has 2 aromatic heterocycles. The summed E-state index contributed by atoms with van der Waals surface area (Å²) in [5.41, 5.74) is 3.15. The van der Waals surface area contributed by atoms with Gasteiger partial charge in [-0.1, -0.05) is 48.5 Å². The van der Waals surface area contributed by atoms with E-state index in [2.05, 4.69) is 40.3 Å². The first-order valence-electron chi connectivity index (χ1n) is 7.96. The van der Waals surface area contributed by atoms with Gasteiger partial charge in [-0.15, -0.1) is 22.7 Å². The lowest BCUT2D eigenvalue weighted by molar-refractivity contribution is -0.119. The Hall–Kier alpha value is -2.50. The highest BCUT2D eigenvalue weighted by Crippen LogP contribution is 2.36. The lowest BCUT2D eigenvalue weighted by atomic mass is 10.1. The minimum Gasteiger partial charge on any atom is -0.343 e. The molecule has 0 aliphatic heterocycles. The van der Waals surface area contributed by atoms with Crippen LogP contribution in [0.25, 0.3) is 21.3 Å². The normalized spacial score (nSPS) is 12.2. The largest absolute Gasteiger partial charge is 0.343 e. The van der Waals surface area contributed by atoms with Gasteiger partial charge in [0.2, 0.25) is 5.91 Å². The smallest absolute Gasteiger partial charge is 0.217 e. The van der Waals surface area contributed by atoms with Crippen molar-refractivity contribution in [2.75, 3.05) is 0 Å². The summed E-state index contributed by atoms with van der Waals surface area (Å²) in [6.45, 7) is 1.54. The number of rotatable bonds is 4. The van der Waals surface area contributed by atoms with Gasteiger partial charge < -0.3 is 5.32 Å². The van der Waals surface area contributed by atoms with Crippen LogP contribution in [-0.2, 0) is 4.79 Å². The summed E-state index contributed by atoms with van der Waals surface area (Å²) in [5, 5.41) is 9.36. The SMILES string of the molecule is CC(=O)NC(c1ccccc1)c1nc(-c2csc3ccccc23)cs1. The third kappa shape index (κ3) is 3.21. The van der Waals surface area contributed by atoms with E-state index in [9.17, 15) is 4.79 Å². The van der Waals surface area contributed by atoms with E-state index >= 15 is 0 Å². The van der Waals surface area contributed by atoms with Crippen LogP contribution in [0.2, 0.25) is 0 Å². The predicted molar refractivity (Wildman–Crippen MR) is 105 cm³/mol. The Morgan fingerprint density at radius 1 is 1.00 bits per heavy atom. The molecule has 5 heteroatoms. The number of amides is 1. The number of carbonyl (C=O) groups excluding carboxylic acids is 1. The summed E-state index contributed by atoms with van der Waals surface area (Å²) in [4.78, 5) is 16.5. The average Bonchev–Trinajstić information content (AvgIpc) is 3.27. The third-order valence-electron chi connectivity index (χ3n) is 4.01. The summed E-state index contributed by atoms with van der Waals surface area (Å²) in [6.07, 6.45) is 0. The van der Waals surface area contributed by atoms with Gasteiger partial charge in [0.1, 0.15) is 11.0 Å². The van der Waals surface area contributed by atoms with Gasteiger partial charge in [-0.3, -0.25) is 4.79 Å². The molecule has 124 valence electrons. The van der Waals surface area contributed by atoms with Crippen molar-refractivity contribution in [1.82, 2.24) is 10.3 Å². The molecule has 0 saturated carbocycles. The van der Waals surface area contributed by atoms with E-state index in [0.717, 1.165) is 21.8 Å². The van der Waals surface area contributed by atoms with Crippen LogP contribution in [0.3, 0.4) is 0 Å². The number of aromatic nitrogens is 1. The van der Waals surface area contributed by atoms with Crippen LogP contribution in [0, 0.1) is 0 Å². The molecule has 4 rings (SSSR count). The molecular formula is C20H16N2OS2. The fourth-order valence-corrected chi connectivity index (χ4v) is 4.71. The second-order valence-corrected chi connectivity index (χ2v) is 7.56. The maximum atomic E-state index is 11.7. The van der Waals surface area contributed by atoms with E-state index in [1.807, 2.05) is 30.3 Å². The van der Waals surface area contributed by atoms with E-state index in [4.69, 9.17) is 4.98 Å². The molecule has 0 radical (unpaired) electrons. The lowest BCUT2D eigenvalue weighted by Gasteiger charge is -2.15. The Balaban J connectivity index is 1.74. The van der Waals surface area contributed by atoms with Crippen LogP contribution in [0.4, 0.5) is 0 Å². The maximum absolute atomic E-state index is 11.7. The number of hydrogen-bond acceptors (Lipinski definition) is 4. The summed E-state index contributed by atoms with van der Waals surface area (Å²) >= 11 is 3.31. The molecule has 0 saturated heterocycles. The third-order valence-corrected chi connectivity index (χ3v) is 5.88. The monoisotopic (exact) mass is 364 g/mol. The van der Waals surface area contributed by atoms with E-state index < -0.39 is 0 Å². The quantitative estimate of drug-likeness (QED) is 0.537. The van der Waals surface area contributed by atoms with E-state index in [-0.39, 0.29) is 11.9 Å². The Labute approximate surface area is 154 Å². The van der Waals surface area contributed by atoms with Crippen molar-refractivity contribution in [2.24, 2.45) is 0 Å². The van der Waals surface area contributed by atoms with Gasteiger partial charge in [-0.25, -0.2) is 4.98 Å². The van der Waals surface area contributed by atoms with Crippen LogP contribution in [-0.4, -0.2) is 10.9 Å². The number of carbonyl (C=O) groups is 1. The summed E-state index contributed by atoms with van der Waals surface area (Å²) < 4.78 is 1.26. The molecule has 0 spiro atoms. The van der Waals surface area contributed by atoms with Gasteiger partial charge in [0.15, 0.2) is 0 Å². The molecule has 0 bridgehead atoms. The van der Waals surface area contributed by atoms with Gasteiger partial charge in [0.25, 0.3) is 0 Å². The second-order valence-electron chi connectivity index (χ2n) is 5.76. The van der Waals surface area contributed by atoms with Crippen LogP contribution < -0.4 is 5.32 Å². The predicted octanol–water partition coefficient (Wildman–Crippen LogP) is 5.25. The molecule has 1 amide bonds. The van der Waals surface area contributed by atoms with Gasteiger partial charge in [-0.2, -0.15) is 0 Å². The van der Waals surface area contributed by atoms with E-state index in [0.29, 0.717) is 0 Å². The molecule has 0 aliphatic carbocycles.